The molecule has 0 radical (unpaired) electrons. The van der Waals surface area contributed by atoms with E-state index in [1.54, 1.807) is 24.3 Å². The fourth-order valence-corrected chi connectivity index (χ4v) is 2.79. The molecule has 2 aromatic rings. The van der Waals surface area contributed by atoms with Crippen LogP contribution in [-0.4, -0.2) is 24.4 Å². The number of ether oxygens (including phenoxy) is 1. The highest BCUT2D eigenvalue weighted by Gasteiger charge is 2.50. The second kappa shape index (κ2) is 5.31. The number of amides is 2. The zero-order chi connectivity index (χ0) is 15.8. The number of nitrogens with zero attached hydrogens (tertiary/aromatic N) is 3. The Morgan fingerprint density at radius 2 is 1.61 bits per heavy atom. The highest BCUT2D eigenvalue weighted by Crippen LogP contribution is 2.33. The third-order valence-electron chi connectivity index (χ3n) is 3.95. The van der Waals surface area contributed by atoms with E-state index >= 15 is 0 Å². The highest BCUT2D eigenvalue weighted by atomic mass is 16.5. The molecule has 114 valence electrons. The van der Waals surface area contributed by atoms with Gasteiger partial charge in [0.1, 0.15) is 11.5 Å². The fourth-order valence-electron chi connectivity index (χ4n) is 2.79. The zero-order valence-corrected chi connectivity index (χ0v) is 12.1. The number of carbonyl (C=O) groups excluding carboxylic acids is 2. The second-order valence-corrected chi connectivity index (χ2v) is 5.41. The van der Waals surface area contributed by atoms with Gasteiger partial charge in [0.2, 0.25) is 5.91 Å². The van der Waals surface area contributed by atoms with Gasteiger partial charge in [-0.15, -0.1) is 0 Å². The van der Waals surface area contributed by atoms with Gasteiger partial charge in [0.15, 0.2) is 6.04 Å². The van der Waals surface area contributed by atoms with Gasteiger partial charge in [0, 0.05) is 0 Å². The average Bonchev–Trinajstić information content (AvgIpc) is 3.14. The molecule has 2 aliphatic rings. The van der Waals surface area contributed by atoms with Crippen molar-refractivity contribution in [3.8, 4) is 11.5 Å². The van der Waals surface area contributed by atoms with E-state index in [0.29, 0.717) is 18.0 Å². The molecule has 1 fully saturated rings. The number of azo groups is 1. The summed E-state index contributed by atoms with van der Waals surface area (Å²) in [4.78, 5) is 25.8. The second-order valence-electron chi connectivity index (χ2n) is 5.41. The molecule has 23 heavy (non-hydrogen) atoms. The molecule has 0 unspecified atom stereocenters. The molecular weight excluding hydrogens is 294 g/mol. The van der Waals surface area contributed by atoms with E-state index in [9.17, 15) is 9.59 Å². The van der Waals surface area contributed by atoms with E-state index in [1.165, 1.54) is 4.90 Å². The lowest BCUT2D eigenvalue weighted by atomic mass is 10.1. The lowest BCUT2D eigenvalue weighted by Gasteiger charge is -2.15. The Kier molecular flexibility index (Phi) is 3.15. The predicted octanol–water partition coefficient (Wildman–Crippen LogP) is 2.80. The van der Waals surface area contributed by atoms with E-state index in [1.807, 2.05) is 30.3 Å². The SMILES string of the molecule is O=C1[C@H]2CN=N[C@@H]2C(=O)N1c1ccc(Oc2ccccc2)cc1. The molecule has 2 aliphatic heterocycles. The molecule has 2 heterocycles. The van der Waals surface area contributed by atoms with Crippen LogP contribution in [0.15, 0.2) is 64.8 Å². The molecule has 6 heteroatoms. The minimum atomic E-state index is -0.650. The van der Waals surface area contributed by atoms with Crippen molar-refractivity contribution in [1.82, 2.24) is 0 Å². The molecular formula is C17H13N3O3. The van der Waals surface area contributed by atoms with E-state index in [0.717, 1.165) is 5.75 Å². The van der Waals surface area contributed by atoms with Gasteiger partial charge in [-0.3, -0.25) is 9.59 Å². The van der Waals surface area contributed by atoms with Gasteiger partial charge in [-0.2, -0.15) is 10.2 Å². The number of imide groups is 1. The Bertz CT molecular complexity index is 786. The van der Waals surface area contributed by atoms with Crippen molar-refractivity contribution in [1.29, 1.82) is 0 Å². The van der Waals surface area contributed by atoms with Crippen molar-refractivity contribution in [3.63, 3.8) is 0 Å². The first-order chi connectivity index (χ1) is 11.2. The van der Waals surface area contributed by atoms with Gasteiger partial charge in [0.25, 0.3) is 5.91 Å². The summed E-state index contributed by atoms with van der Waals surface area (Å²) < 4.78 is 5.70. The summed E-state index contributed by atoms with van der Waals surface area (Å²) >= 11 is 0. The molecule has 0 bridgehead atoms. The van der Waals surface area contributed by atoms with Crippen molar-refractivity contribution < 1.29 is 14.3 Å². The van der Waals surface area contributed by atoms with Gasteiger partial charge in [0.05, 0.1) is 18.2 Å². The summed E-state index contributed by atoms with van der Waals surface area (Å²) in [6.45, 7) is 0.293. The molecule has 1 saturated heterocycles. The molecule has 0 aromatic heterocycles. The molecule has 6 nitrogen and oxygen atoms in total. The maximum atomic E-state index is 12.3. The topological polar surface area (TPSA) is 71.3 Å². The predicted molar refractivity (Wildman–Crippen MR) is 82.5 cm³/mol. The molecule has 0 aliphatic carbocycles. The molecule has 2 atom stereocenters. The third-order valence-corrected chi connectivity index (χ3v) is 3.95. The van der Waals surface area contributed by atoms with Crippen LogP contribution in [0.2, 0.25) is 0 Å². The van der Waals surface area contributed by atoms with Crippen LogP contribution in [0.3, 0.4) is 0 Å². The van der Waals surface area contributed by atoms with Crippen LogP contribution in [-0.2, 0) is 9.59 Å². The lowest BCUT2D eigenvalue weighted by Crippen LogP contribution is -2.31. The minimum absolute atomic E-state index is 0.235. The maximum absolute atomic E-state index is 12.3. The first kappa shape index (κ1) is 13.6. The Labute approximate surface area is 132 Å². The summed E-state index contributed by atoms with van der Waals surface area (Å²) in [6, 6.07) is 15.6. The zero-order valence-electron chi connectivity index (χ0n) is 12.1. The van der Waals surface area contributed by atoms with Gasteiger partial charge in [-0.1, -0.05) is 18.2 Å². The van der Waals surface area contributed by atoms with Crippen LogP contribution in [0.1, 0.15) is 0 Å². The van der Waals surface area contributed by atoms with Crippen LogP contribution < -0.4 is 9.64 Å². The van der Waals surface area contributed by atoms with Gasteiger partial charge in [-0.25, -0.2) is 4.90 Å². The van der Waals surface area contributed by atoms with Crippen molar-refractivity contribution in [2.24, 2.45) is 16.1 Å². The largest absolute Gasteiger partial charge is 0.457 e. The Balaban J connectivity index is 1.56. The number of carbonyl (C=O) groups is 2. The van der Waals surface area contributed by atoms with Crippen LogP contribution in [0, 0.1) is 5.92 Å². The van der Waals surface area contributed by atoms with Crippen LogP contribution in [0.25, 0.3) is 0 Å². The van der Waals surface area contributed by atoms with E-state index in [2.05, 4.69) is 10.2 Å². The Morgan fingerprint density at radius 1 is 0.913 bits per heavy atom. The fraction of sp³-hybridized carbons (Fsp3) is 0.176. The number of hydrogen-bond acceptors (Lipinski definition) is 5. The summed E-state index contributed by atoms with van der Waals surface area (Å²) in [5.74, 6) is 0.380. The van der Waals surface area contributed by atoms with Crippen molar-refractivity contribution in [2.45, 2.75) is 6.04 Å². The first-order valence-electron chi connectivity index (χ1n) is 7.31. The summed E-state index contributed by atoms with van der Waals surface area (Å²) in [7, 11) is 0. The molecule has 0 N–H and O–H groups in total. The Morgan fingerprint density at radius 3 is 2.30 bits per heavy atom. The van der Waals surface area contributed by atoms with Gasteiger partial charge >= 0.3 is 0 Å². The molecule has 4 rings (SSSR count). The minimum Gasteiger partial charge on any atom is -0.457 e. The van der Waals surface area contributed by atoms with Crippen LogP contribution in [0.4, 0.5) is 5.69 Å². The van der Waals surface area contributed by atoms with Gasteiger partial charge in [-0.05, 0) is 36.4 Å². The lowest BCUT2D eigenvalue weighted by molar-refractivity contribution is -0.122. The number of fused-ring (bicyclic) bond motifs is 1. The number of benzene rings is 2. The number of anilines is 1. The number of hydrogen-bond donors (Lipinski definition) is 0. The monoisotopic (exact) mass is 307 g/mol. The normalized spacial score (nSPS) is 22.5. The summed E-state index contributed by atoms with van der Waals surface area (Å²) in [5.41, 5.74) is 0.532. The highest BCUT2D eigenvalue weighted by molar-refractivity contribution is 6.23. The summed E-state index contributed by atoms with van der Waals surface area (Å²) in [6.07, 6.45) is 0. The standard InChI is InChI=1S/C17H13N3O3/c21-16-14-10-18-19-15(14)17(22)20(16)11-6-8-13(9-7-11)23-12-4-2-1-3-5-12/h1-9,14-15H,10H2/t14-,15-/m0/s1. The van der Waals surface area contributed by atoms with Crippen molar-refractivity contribution in [2.75, 3.05) is 11.4 Å². The molecule has 0 spiro atoms. The number of para-hydroxylation sites is 1. The molecule has 2 aromatic carbocycles. The van der Waals surface area contributed by atoms with Crippen LogP contribution >= 0.6 is 0 Å². The van der Waals surface area contributed by atoms with E-state index in [4.69, 9.17) is 4.74 Å². The first-order valence-corrected chi connectivity index (χ1v) is 7.31. The molecule has 0 saturated carbocycles. The smallest absolute Gasteiger partial charge is 0.261 e. The molecule has 2 amide bonds. The summed E-state index contributed by atoms with van der Waals surface area (Å²) in [5, 5.41) is 7.66. The number of rotatable bonds is 3. The maximum Gasteiger partial charge on any atom is 0.261 e. The van der Waals surface area contributed by atoms with E-state index < -0.39 is 12.0 Å². The average molecular weight is 307 g/mol. The quantitative estimate of drug-likeness (QED) is 0.819. The van der Waals surface area contributed by atoms with Gasteiger partial charge < -0.3 is 4.74 Å². The van der Waals surface area contributed by atoms with E-state index in [-0.39, 0.29) is 11.8 Å². The van der Waals surface area contributed by atoms with Crippen molar-refractivity contribution >= 4 is 17.5 Å². The Hall–Kier alpha value is -3.02. The van der Waals surface area contributed by atoms with Crippen molar-refractivity contribution in [3.05, 3.63) is 54.6 Å². The van der Waals surface area contributed by atoms with Crippen LogP contribution in [0.5, 0.6) is 11.5 Å². The third kappa shape index (κ3) is 2.28.